The van der Waals surface area contributed by atoms with Gasteiger partial charge in [0.15, 0.2) is 11.5 Å². The molecule has 0 bridgehead atoms. The molecule has 2 heterocycles. The number of benzene rings is 1. The summed E-state index contributed by atoms with van der Waals surface area (Å²) < 4.78 is 6.98. The van der Waals surface area contributed by atoms with E-state index >= 15 is 0 Å². The van der Waals surface area contributed by atoms with Crippen LogP contribution in [0.4, 0.5) is 17.5 Å². The largest absolute Gasteiger partial charge is 0.383 e. The molecule has 30 heavy (non-hydrogen) atoms. The molecular weight excluding hydrogens is 386 g/mol. The fourth-order valence-corrected chi connectivity index (χ4v) is 3.15. The molecule has 0 unspecified atom stereocenters. The van der Waals surface area contributed by atoms with Crippen molar-refractivity contribution in [3.63, 3.8) is 0 Å². The summed E-state index contributed by atoms with van der Waals surface area (Å²) in [5.41, 5.74) is 14.1. The van der Waals surface area contributed by atoms with E-state index in [1.807, 2.05) is 29.9 Å². The highest BCUT2D eigenvalue weighted by atomic mass is 16.5. The third kappa shape index (κ3) is 4.63. The molecule has 2 aromatic heterocycles. The third-order valence-electron chi connectivity index (χ3n) is 4.46. The molecule has 0 aliphatic heterocycles. The van der Waals surface area contributed by atoms with E-state index < -0.39 is 5.91 Å². The smallest absolute Gasteiger partial charge is 0.273 e. The van der Waals surface area contributed by atoms with Gasteiger partial charge in [0.2, 0.25) is 5.95 Å². The Morgan fingerprint density at radius 1 is 1.30 bits per heavy atom. The van der Waals surface area contributed by atoms with E-state index in [1.165, 1.54) is 0 Å². The molecule has 11 nitrogen and oxygen atoms in total. The Hall–Kier alpha value is -3.31. The molecule has 1 atom stereocenters. The summed E-state index contributed by atoms with van der Waals surface area (Å²) in [5, 5.41) is 19.4. The van der Waals surface area contributed by atoms with Crippen LogP contribution in [0.3, 0.4) is 0 Å². The molecular formula is C19H27N9O2. The third-order valence-corrected chi connectivity index (χ3v) is 4.46. The van der Waals surface area contributed by atoms with Gasteiger partial charge in [-0.3, -0.25) is 9.48 Å². The minimum atomic E-state index is -0.731. The fourth-order valence-electron chi connectivity index (χ4n) is 3.15. The van der Waals surface area contributed by atoms with Crippen LogP contribution < -0.4 is 22.1 Å². The summed E-state index contributed by atoms with van der Waals surface area (Å²) in [7, 11) is 1.57. The molecule has 11 heteroatoms. The second-order valence-corrected chi connectivity index (χ2v) is 7.33. The average molecular weight is 413 g/mol. The van der Waals surface area contributed by atoms with E-state index in [-0.39, 0.29) is 29.5 Å². The maximum absolute atomic E-state index is 11.8. The number of rotatable bonds is 9. The standard InChI is InChI=1S/C19H27N9O2/c1-10(2)28-16-11(3)5-14(6-12(16)7-23-28)24-18-15(17(21)29)26-27-19(25-18)22-8-13(20)9-30-4/h5-7,10,13H,8-9,20H2,1-4H3,(H2,21,29)(H2,22,24,25,27)/t13-/m1/s1. The number of nitrogens with one attached hydrogen (secondary N) is 2. The quantitative estimate of drug-likeness (QED) is 0.406. The molecule has 3 rings (SSSR count). The minimum absolute atomic E-state index is 0.0580. The number of anilines is 3. The number of hydrogen-bond donors (Lipinski definition) is 4. The first-order valence-corrected chi connectivity index (χ1v) is 9.58. The Kier molecular flexibility index (Phi) is 6.43. The predicted molar refractivity (Wildman–Crippen MR) is 115 cm³/mol. The molecule has 1 aromatic carbocycles. The first-order chi connectivity index (χ1) is 14.3. The van der Waals surface area contributed by atoms with Gasteiger partial charge in [-0.1, -0.05) is 0 Å². The highest BCUT2D eigenvalue weighted by molar-refractivity contribution is 5.96. The number of nitrogens with zero attached hydrogens (tertiary/aromatic N) is 5. The second kappa shape index (κ2) is 9.01. The lowest BCUT2D eigenvalue weighted by atomic mass is 10.1. The van der Waals surface area contributed by atoms with Crippen LogP contribution in [0.1, 0.15) is 35.9 Å². The number of aromatic nitrogens is 5. The van der Waals surface area contributed by atoms with Gasteiger partial charge in [-0.2, -0.15) is 10.1 Å². The van der Waals surface area contributed by atoms with Crippen LogP contribution in [-0.4, -0.2) is 57.2 Å². The molecule has 0 radical (unpaired) electrons. The number of carbonyl (C=O) groups excluding carboxylic acids is 1. The van der Waals surface area contributed by atoms with Gasteiger partial charge in [0.1, 0.15) is 0 Å². The lowest BCUT2D eigenvalue weighted by Crippen LogP contribution is -2.34. The molecule has 3 aromatic rings. The Labute approximate surface area is 174 Å². The van der Waals surface area contributed by atoms with Crippen molar-refractivity contribution < 1.29 is 9.53 Å². The van der Waals surface area contributed by atoms with E-state index in [4.69, 9.17) is 16.2 Å². The number of methoxy groups -OCH3 is 1. The summed E-state index contributed by atoms with van der Waals surface area (Å²) in [5.74, 6) is -0.305. The fraction of sp³-hybridized carbons (Fsp3) is 0.421. The van der Waals surface area contributed by atoms with Crippen molar-refractivity contribution in [2.45, 2.75) is 32.9 Å². The maximum Gasteiger partial charge on any atom is 0.273 e. The summed E-state index contributed by atoms with van der Waals surface area (Å²) in [6.07, 6.45) is 1.81. The van der Waals surface area contributed by atoms with Crippen molar-refractivity contribution in [3.05, 3.63) is 29.6 Å². The Morgan fingerprint density at radius 2 is 2.07 bits per heavy atom. The number of ether oxygens (including phenoxy) is 1. The molecule has 0 saturated heterocycles. The second-order valence-electron chi connectivity index (χ2n) is 7.33. The van der Waals surface area contributed by atoms with E-state index in [1.54, 1.807) is 7.11 Å². The molecule has 0 aliphatic carbocycles. The monoisotopic (exact) mass is 413 g/mol. The SMILES string of the molecule is COC[C@H](N)CNc1nnc(C(N)=O)c(Nc2cc(C)c3c(cnn3C(C)C)c2)n1. The van der Waals surface area contributed by atoms with Crippen molar-refractivity contribution in [1.29, 1.82) is 0 Å². The van der Waals surface area contributed by atoms with Gasteiger partial charge >= 0.3 is 0 Å². The summed E-state index contributed by atoms with van der Waals surface area (Å²) in [6, 6.07) is 3.89. The zero-order chi connectivity index (χ0) is 21.8. The van der Waals surface area contributed by atoms with Gasteiger partial charge in [-0.15, -0.1) is 10.2 Å². The molecule has 1 amide bonds. The number of fused-ring (bicyclic) bond motifs is 1. The van der Waals surface area contributed by atoms with Gasteiger partial charge in [0, 0.05) is 36.8 Å². The highest BCUT2D eigenvalue weighted by Gasteiger charge is 2.17. The molecule has 6 N–H and O–H groups in total. The zero-order valence-corrected chi connectivity index (χ0v) is 17.5. The first kappa shape index (κ1) is 21.4. The van der Waals surface area contributed by atoms with Crippen molar-refractivity contribution in [2.24, 2.45) is 11.5 Å². The average Bonchev–Trinajstić information content (AvgIpc) is 3.11. The van der Waals surface area contributed by atoms with Crippen LogP contribution in [0.25, 0.3) is 10.9 Å². The Morgan fingerprint density at radius 3 is 2.73 bits per heavy atom. The molecule has 0 fully saturated rings. The summed E-state index contributed by atoms with van der Waals surface area (Å²) >= 11 is 0. The van der Waals surface area contributed by atoms with Gasteiger partial charge < -0.3 is 26.8 Å². The van der Waals surface area contributed by atoms with Crippen molar-refractivity contribution in [2.75, 3.05) is 30.9 Å². The number of amides is 1. The summed E-state index contributed by atoms with van der Waals surface area (Å²) in [6.45, 7) is 6.93. The van der Waals surface area contributed by atoms with Crippen molar-refractivity contribution in [3.8, 4) is 0 Å². The Balaban J connectivity index is 1.90. The molecule has 0 aliphatic rings. The number of primary amides is 1. The van der Waals surface area contributed by atoms with E-state index in [2.05, 4.69) is 44.8 Å². The van der Waals surface area contributed by atoms with Gasteiger partial charge in [-0.25, -0.2) is 0 Å². The maximum atomic E-state index is 11.8. The zero-order valence-electron chi connectivity index (χ0n) is 17.5. The minimum Gasteiger partial charge on any atom is -0.383 e. The summed E-state index contributed by atoms with van der Waals surface area (Å²) in [4.78, 5) is 16.2. The topological polar surface area (TPSA) is 159 Å². The number of hydrogen-bond acceptors (Lipinski definition) is 9. The van der Waals surface area contributed by atoms with Crippen LogP contribution in [0.5, 0.6) is 0 Å². The normalized spacial score (nSPS) is 12.3. The van der Waals surface area contributed by atoms with Crippen LogP contribution in [0, 0.1) is 6.92 Å². The van der Waals surface area contributed by atoms with Crippen LogP contribution in [-0.2, 0) is 4.74 Å². The molecule has 160 valence electrons. The first-order valence-electron chi connectivity index (χ1n) is 9.58. The van der Waals surface area contributed by atoms with Crippen LogP contribution >= 0.6 is 0 Å². The van der Waals surface area contributed by atoms with E-state index in [0.717, 1.165) is 22.2 Å². The lowest BCUT2D eigenvalue weighted by molar-refractivity contribution is 0.0995. The Bertz CT molecular complexity index is 1050. The highest BCUT2D eigenvalue weighted by Crippen LogP contribution is 2.27. The van der Waals surface area contributed by atoms with Crippen LogP contribution in [0.15, 0.2) is 18.3 Å². The number of carbonyl (C=O) groups is 1. The van der Waals surface area contributed by atoms with E-state index in [9.17, 15) is 4.79 Å². The predicted octanol–water partition coefficient (Wildman–Crippen LogP) is 1.34. The van der Waals surface area contributed by atoms with Gasteiger partial charge in [0.05, 0.1) is 18.3 Å². The lowest BCUT2D eigenvalue weighted by Gasteiger charge is -2.14. The molecule has 0 spiro atoms. The molecule has 0 saturated carbocycles. The van der Waals surface area contributed by atoms with Gasteiger partial charge in [0.25, 0.3) is 5.91 Å². The number of aryl methyl sites for hydroxylation is 1. The van der Waals surface area contributed by atoms with Crippen LogP contribution in [0.2, 0.25) is 0 Å². The number of nitrogens with two attached hydrogens (primary N) is 2. The van der Waals surface area contributed by atoms with Crippen molar-refractivity contribution >= 4 is 34.3 Å². The van der Waals surface area contributed by atoms with Gasteiger partial charge in [-0.05, 0) is 38.5 Å². The van der Waals surface area contributed by atoms with Crippen molar-refractivity contribution in [1.82, 2.24) is 25.0 Å². The van der Waals surface area contributed by atoms with E-state index in [0.29, 0.717) is 13.2 Å².